The minimum atomic E-state index is -0.448. The average molecular weight is 416 g/mol. The van der Waals surface area contributed by atoms with Crippen LogP contribution in [0.3, 0.4) is 0 Å². The van der Waals surface area contributed by atoms with Gasteiger partial charge in [0.1, 0.15) is 0 Å². The van der Waals surface area contributed by atoms with Crippen LogP contribution in [0.25, 0.3) is 10.9 Å². The molecule has 1 heterocycles. The van der Waals surface area contributed by atoms with Crippen LogP contribution >= 0.6 is 11.8 Å². The van der Waals surface area contributed by atoms with Gasteiger partial charge in [0.25, 0.3) is 5.56 Å². The number of rotatable bonds is 6. The second kappa shape index (κ2) is 8.55. The topological polar surface area (TPSA) is 78.0 Å². The summed E-state index contributed by atoms with van der Waals surface area (Å²) in [5.74, 6) is 0.168. The van der Waals surface area contributed by atoms with Crippen molar-refractivity contribution in [1.29, 1.82) is 0 Å². The highest BCUT2D eigenvalue weighted by Gasteiger charge is 2.18. The molecule has 4 aromatic rings. The molecule has 2 N–H and O–H groups in total. The van der Waals surface area contributed by atoms with E-state index in [9.17, 15) is 9.59 Å². The Morgan fingerprint density at radius 1 is 1.00 bits per heavy atom. The van der Waals surface area contributed by atoms with Crippen molar-refractivity contribution in [3.05, 3.63) is 106 Å². The number of hydrogen-bond donors (Lipinski definition) is 1. The van der Waals surface area contributed by atoms with Crippen molar-refractivity contribution >= 4 is 28.6 Å². The van der Waals surface area contributed by atoms with E-state index in [-0.39, 0.29) is 11.6 Å². The molecule has 1 unspecified atom stereocenters. The summed E-state index contributed by atoms with van der Waals surface area (Å²) in [6.45, 7) is 2.01. The molecule has 0 bridgehead atoms. The van der Waals surface area contributed by atoms with Crippen molar-refractivity contribution in [1.82, 2.24) is 9.55 Å². The fraction of sp³-hybridized carbons (Fsp3) is 0.125. The van der Waals surface area contributed by atoms with Crippen LogP contribution in [-0.2, 0) is 5.75 Å². The quantitative estimate of drug-likeness (QED) is 0.374. The fourth-order valence-corrected chi connectivity index (χ4v) is 4.39. The molecule has 3 aromatic carbocycles. The summed E-state index contributed by atoms with van der Waals surface area (Å²) in [6.07, 6.45) is 0. The maximum absolute atomic E-state index is 13.4. The van der Waals surface area contributed by atoms with E-state index >= 15 is 0 Å². The first-order valence-electron chi connectivity index (χ1n) is 9.62. The van der Waals surface area contributed by atoms with Crippen LogP contribution in [-0.4, -0.2) is 15.5 Å². The molecule has 0 aliphatic carbocycles. The number of nitrogens with zero attached hydrogens (tertiary/aromatic N) is 2. The third kappa shape index (κ3) is 4.00. The van der Waals surface area contributed by atoms with Crippen LogP contribution in [0, 0.1) is 0 Å². The zero-order valence-corrected chi connectivity index (χ0v) is 17.3. The fourth-order valence-electron chi connectivity index (χ4n) is 3.36. The van der Waals surface area contributed by atoms with Crippen molar-refractivity contribution in [2.24, 2.45) is 5.73 Å². The lowest BCUT2D eigenvalue weighted by Gasteiger charge is -2.20. The number of nitrogens with two attached hydrogens (primary N) is 1. The molecule has 150 valence electrons. The standard InChI is InChI=1S/C24H21N3O2S/c1-16(18-7-3-2-4-8-18)27-23(29)20-9-5-6-10-21(20)26-24(27)30-15-17-11-13-19(14-12-17)22(25)28/h2-14,16H,15H2,1H3,(H2,25,28). The highest BCUT2D eigenvalue weighted by Crippen LogP contribution is 2.27. The Morgan fingerprint density at radius 2 is 1.67 bits per heavy atom. The summed E-state index contributed by atoms with van der Waals surface area (Å²) in [5, 5.41) is 1.27. The third-order valence-corrected chi connectivity index (χ3v) is 6.07. The largest absolute Gasteiger partial charge is 0.366 e. The van der Waals surface area contributed by atoms with Gasteiger partial charge in [0.05, 0.1) is 16.9 Å². The van der Waals surface area contributed by atoms with E-state index in [4.69, 9.17) is 10.7 Å². The zero-order valence-electron chi connectivity index (χ0n) is 16.5. The maximum atomic E-state index is 13.4. The highest BCUT2D eigenvalue weighted by molar-refractivity contribution is 7.98. The van der Waals surface area contributed by atoms with Crippen LogP contribution in [0.4, 0.5) is 0 Å². The smallest absolute Gasteiger partial charge is 0.262 e. The van der Waals surface area contributed by atoms with E-state index in [1.165, 1.54) is 11.8 Å². The van der Waals surface area contributed by atoms with Crippen molar-refractivity contribution in [3.8, 4) is 0 Å². The Morgan fingerprint density at radius 3 is 2.37 bits per heavy atom. The Balaban J connectivity index is 1.74. The summed E-state index contributed by atoms with van der Waals surface area (Å²) in [7, 11) is 0. The molecule has 30 heavy (non-hydrogen) atoms. The van der Waals surface area contributed by atoms with Crippen LogP contribution in [0.15, 0.2) is 88.8 Å². The van der Waals surface area contributed by atoms with E-state index in [2.05, 4.69) is 0 Å². The minimum absolute atomic E-state index is 0.0523. The summed E-state index contributed by atoms with van der Waals surface area (Å²) in [6, 6.07) is 24.4. The molecule has 5 nitrogen and oxygen atoms in total. The Kier molecular flexibility index (Phi) is 5.68. The predicted octanol–water partition coefficient (Wildman–Crippen LogP) is 4.40. The molecule has 1 aromatic heterocycles. The van der Waals surface area contributed by atoms with Crippen molar-refractivity contribution in [3.63, 3.8) is 0 Å². The summed E-state index contributed by atoms with van der Waals surface area (Å²) in [5.41, 5.74) is 8.49. The lowest BCUT2D eigenvalue weighted by Crippen LogP contribution is -2.27. The molecule has 0 saturated carbocycles. The van der Waals surface area contributed by atoms with E-state index in [1.54, 1.807) is 16.7 Å². The van der Waals surface area contributed by atoms with Gasteiger partial charge in [-0.05, 0) is 42.3 Å². The first kappa shape index (κ1) is 19.9. The maximum Gasteiger partial charge on any atom is 0.262 e. The van der Waals surface area contributed by atoms with E-state index < -0.39 is 5.91 Å². The van der Waals surface area contributed by atoms with Gasteiger partial charge in [-0.15, -0.1) is 0 Å². The SMILES string of the molecule is CC(c1ccccc1)n1c(SCc2ccc(C(N)=O)cc2)nc2ccccc2c1=O. The molecule has 0 spiro atoms. The first-order chi connectivity index (χ1) is 14.5. The normalized spacial score (nSPS) is 12.0. The van der Waals surface area contributed by atoms with Gasteiger partial charge in [0.15, 0.2) is 5.16 Å². The lowest BCUT2D eigenvalue weighted by atomic mass is 10.1. The van der Waals surface area contributed by atoms with Gasteiger partial charge in [-0.2, -0.15) is 0 Å². The van der Waals surface area contributed by atoms with Crippen molar-refractivity contribution < 1.29 is 4.79 Å². The van der Waals surface area contributed by atoms with Crippen LogP contribution < -0.4 is 11.3 Å². The predicted molar refractivity (Wildman–Crippen MR) is 121 cm³/mol. The summed E-state index contributed by atoms with van der Waals surface area (Å²) in [4.78, 5) is 29.4. The molecule has 0 aliphatic heterocycles. The molecule has 0 radical (unpaired) electrons. The summed E-state index contributed by atoms with van der Waals surface area (Å²) >= 11 is 1.50. The number of fused-ring (bicyclic) bond motifs is 1. The first-order valence-corrected chi connectivity index (χ1v) is 10.6. The Labute approximate surface area is 178 Å². The second-order valence-electron chi connectivity index (χ2n) is 7.02. The average Bonchev–Trinajstić information content (AvgIpc) is 2.78. The number of thioether (sulfide) groups is 1. The van der Waals surface area contributed by atoms with E-state index in [1.807, 2.05) is 73.7 Å². The number of benzene rings is 3. The summed E-state index contributed by atoms with van der Waals surface area (Å²) < 4.78 is 1.76. The van der Waals surface area contributed by atoms with Gasteiger partial charge in [0.2, 0.25) is 5.91 Å². The molecule has 4 rings (SSSR count). The monoisotopic (exact) mass is 415 g/mol. The van der Waals surface area contributed by atoms with E-state index in [0.29, 0.717) is 27.4 Å². The van der Waals surface area contributed by atoms with Crippen LogP contribution in [0.5, 0.6) is 0 Å². The number of primary amides is 1. The molecule has 0 aliphatic rings. The van der Waals surface area contributed by atoms with Gasteiger partial charge in [0, 0.05) is 11.3 Å². The number of carbonyl (C=O) groups is 1. The molecule has 1 atom stereocenters. The minimum Gasteiger partial charge on any atom is -0.366 e. The molecule has 6 heteroatoms. The van der Waals surface area contributed by atoms with Crippen molar-refractivity contribution in [2.45, 2.75) is 23.9 Å². The number of para-hydroxylation sites is 1. The lowest BCUT2D eigenvalue weighted by molar-refractivity contribution is 0.100. The third-order valence-electron chi connectivity index (χ3n) is 5.05. The van der Waals surface area contributed by atoms with Gasteiger partial charge >= 0.3 is 0 Å². The Hall–Kier alpha value is -3.38. The van der Waals surface area contributed by atoms with Gasteiger partial charge < -0.3 is 5.73 Å². The molecule has 0 saturated heterocycles. The molecular formula is C24H21N3O2S. The molecule has 0 fully saturated rings. The molecule has 1 amide bonds. The van der Waals surface area contributed by atoms with E-state index in [0.717, 1.165) is 11.1 Å². The number of carbonyl (C=O) groups excluding carboxylic acids is 1. The van der Waals surface area contributed by atoms with Crippen LogP contribution in [0.1, 0.15) is 34.5 Å². The van der Waals surface area contributed by atoms with Crippen LogP contribution in [0.2, 0.25) is 0 Å². The number of hydrogen-bond acceptors (Lipinski definition) is 4. The highest BCUT2D eigenvalue weighted by atomic mass is 32.2. The number of aromatic nitrogens is 2. The van der Waals surface area contributed by atoms with Gasteiger partial charge in [-0.1, -0.05) is 66.4 Å². The van der Waals surface area contributed by atoms with Gasteiger partial charge in [-0.3, -0.25) is 14.2 Å². The second-order valence-corrected chi connectivity index (χ2v) is 7.97. The number of amides is 1. The van der Waals surface area contributed by atoms with Crippen molar-refractivity contribution in [2.75, 3.05) is 0 Å². The zero-order chi connectivity index (χ0) is 21.1. The molecular weight excluding hydrogens is 394 g/mol. The Bertz CT molecular complexity index is 1250. The van der Waals surface area contributed by atoms with Gasteiger partial charge in [-0.25, -0.2) is 4.98 Å².